The van der Waals surface area contributed by atoms with Crippen LogP contribution in [0.3, 0.4) is 0 Å². The molecule has 1 aromatic heterocycles. The minimum absolute atomic E-state index is 0.0571. The van der Waals surface area contributed by atoms with Gasteiger partial charge in [-0.2, -0.15) is 5.10 Å². The molecule has 1 aliphatic heterocycles. The van der Waals surface area contributed by atoms with Crippen LogP contribution in [0.2, 0.25) is 0 Å². The quantitative estimate of drug-likeness (QED) is 0.638. The van der Waals surface area contributed by atoms with Crippen LogP contribution < -0.4 is 10.6 Å². The molecule has 2 heterocycles. The Morgan fingerprint density at radius 1 is 1.13 bits per heavy atom. The molecule has 3 aromatic rings. The van der Waals surface area contributed by atoms with Crippen LogP contribution in [0.5, 0.6) is 0 Å². The summed E-state index contributed by atoms with van der Waals surface area (Å²) in [6, 6.07) is 14.4. The van der Waals surface area contributed by atoms with Gasteiger partial charge < -0.3 is 10.6 Å². The number of fused-ring (bicyclic) bond motifs is 1. The van der Waals surface area contributed by atoms with Gasteiger partial charge in [-0.05, 0) is 37.1 Å². The predicted octanol–water partition coefficient (Wildman–Crippen LogP) is 3.02. The first-order valence-electron chi connectivity index (χ1n) is 9.77. The third-order valence-electron chi connectivity index (χ3n) is 5.33. The van der Waals surface area contributed by atoms with Crippen LogP contribution in [0.4, 0.5) is 10.6 Å². The molecule has 4 rings (SSSR count). The van der Waals surface area contributed by atoms with E-state index in [1.807, 2.05) is 56.3 Å². The summed E-state index contributed by atoms with van der Waals surface area (Å²) in [5.41, 5.74) is -0.558. The molecule has 1 unspecified atom stereocenters. The van der Waals surface area contributed by atoms with Gasteiger partial charge in [0.05, 0.1) is 6.20 Å². The first-order valence-corrected chi connectivity index (χ1v) is 9.77. The van der Waals surface area contributed by atoms with Crippen molar-refractivity contribution >= 4 is 34.4 Å². The van der Waals surface area contributed by atoms with Crippen LogP contribution in [0.25, 0.3) is 10.8 Å². The SMILES string of the molecule is CC(C)n1nccc1NC(=O)CN1C(=O)NC(C)(c2cccc3ccccc23)C1=O. The van der Waals surface area contributed by atoms with Crippen LogP contribution in [-0.4, -0.2) is 39.1 Å². The molecule has 4 amide bonds. The Bertz CT molecular complexity index is 1150. The number of aromatic nitrogens is 2. The molecule has 1 aliphatic rings. The van der Waals surface area contributed by atoms with Gasteiger partial charge in [0.25, 0.3) is 5.91 Å². The fourth-order valence-electron chi connectivity index (χ4n) is 3.84. The van der Waals surface area contributed by atoms with Crippen molar-refractivity contribution in [1.82, 2.24) is 20.0 Å². The van der Waals surface area contributed by atoms with Gasteiger partial charge in [-0.1, -0.05) is 42.5 Å². The highest BCUT2D eigenvalue weighted by Gasteiger charge is 2.50. The predicted molar refractivity (Wildman–Crippen MR) is 113 cm³/mol. The lowest BCUT2D eigenvalue weighted by atomic mass is 9.88. The molecule has 30 heavy (non-hydrogen) atoms. The molecule has 0 radical (unpaired) electrons. The van der Waals surface area contributed by atoms with E-state index < -0.39 is 23.4 Å². The maximum absolute atomic E-state index is 13.2. The number of anilines is 1. The molecular weight excluding hydrogens is 382 g/mol. The molecule has 1 atom stereocenters. The van der Waals surface area contributed by atoms with E-state index in [4.69, 9.17) is 0 Å². The van der Waals surface area contributed by atoms with E-state index >= 15 is 0 Å². The van der Waals surface area contributed by atoms with Gasteiger partial charge in [0.2, 0.25) is 5.91 Å². The Kier molecular flexibility index (Phi) is 4.77. The standard InChI is InChI=1S/C22H23N5O3/c1-14(2)27-18(11-12-23-27)24-19(28)13-26-20(29)22(3,25-21(26)30)17-10-6-8-15-7-4-5-9-16(15)17/h4-12,14H,13H2,1-3H3,(H,24,28)(H,25,30). The Morgan fingerprint density at radius 3 is 2.63 bits per heavy atom. The summed E-state index contributed by atoms with van der Waals surface area (Å²) < 4.78 is 1.66. The Morgan fingerprint density at radius 2 is 1.87 bits per heavy atom. The van der Waals surface area contributed by atoms with Crippen molar-refractivity contribution in [2.24, 2.45) is 0 Å². The minimum Gasteiger partial charge on any atom is -0.319 e. The molecule has 1 fully saturated rings. The molecule has 0 bridgehead atoms. The molecule has 0 saturated carbocycles. The zero-order chi connectivity index (χ0) is 21.5. The largest absolute Gasteiger partial charge is 0.325 e. The average molecular weight is 405 g/mol. The van der Waals surface area contributed by atoms with E-state index in [0.29, 0.717) is 11.4 Å². The molecule has 2 aromatic carbocycles. The van der Waals surface area contributed by atoms with Crippen molar-refractivity contribution in [3.05, 3.63) is 60.3 Å². The van der Waals surface area contributed by atoms with Crippen LogP contribution >= 0.6 is 0 Å². The van der Waals surface area contributed by atoms with Gasteiger partial charge in [0.1, 0.15) is 17.9 Å². The van der Waals surface area contributed by atoms with Gasteiger partial charge in [0.15, 0.2) is 0 Å². The zero-order valence-electron chi connectivity index (χ0n) is 17.0. The highest BCUT2D eigenvalue weighted by Crippen LogP contribution is 2.33. The number of rotatable bonds is 5. The van der Waals surface area contributed by atoms with Crippen molar-refractivity contribution in [3.8, 4) is 0 Å². The third-order valence-corrected chi connectivity index (χ3v) is 5.33. The summed E-state index contributed by atoms with van der Waals surface area (Å²) in [5.74, 6) is -0.418. The second-order valence-electron chi connectivity index (χ2n) is 7.78. The number of hydrogen-bond acceptors (Lipinski definition) is 4. The maximum Gasteiger partial charge on any atom is 0.325 e. The highest BCUT2D eigenvalue weighted by atomic mass is 16.2. The second kappa shape index (κ2) is 7.29. The number of hydrogen-bond donors (Lipinski definition) is 2. The number of amides is 4. The van der Waals surface area contributed by atoms with Gasteiger partial charge in [-0.25, -0.2) is 9.48 Å². The summed E-state index contributed by atoms with van der Waals surface area (Å²) in [4.78, 5) is 39.4. The molecule has 0 aliphatic carbocycles. The summed E-state index contributed by atoms with van der Waals surface area (Å²) in [5, 5.41) is 11.5. The number of benzene rings is 2. The van der Waals surface area contributed by atoms with Crippen molar-refractivity contribution in [2.75, 3.05) is 11.9 Å². The van der Waals surface area contributed by atoms with E-state index in [2.05, 4.69) is 15.7 Å². The van der Waals surface area contributed by atoms with E-state index in [9.17, 15) is 14.4 Å². The van der Waals surface area contributed by atoms with Crippen LogP contribution in [0.15, 0.2) is 54.7 Å². The number of imide groups is 1. The van der Waals surface area contributed by atoms with Crippen molar-refractivity contribution in [2.45, 2.75) is 32.4 Å². The lowest BCUT2D eigenvalue weighted by Crippen LogP contribution is -2.42. The monoisotopic (exact) mass is 405 g/mol. The summed E-state index contributed by atoms with van der Waals surface area (Å²) >= 11 is 0. The molecule has 1 saturated heterocycles. The van der Waals surface area contributed by atoms with Gasteiger partial charge in [-0.3, -0.25) is 14.5 Å². The number of nitrogens with one attached hydrogen (secondary N) is 2. The Labute approximate surface area is 173 Å². The first-order chi connectivity index (χ1) is 14.3. The number of carbonyl (C=O) groups is 3. The lowest BCUT2D eigenvalue weighted by Gasteiger charge is -2.24. The van der Waals surface area contributed by atoms with Gasteiger partial charge in [0, 0.05) is 12.1 Å². The van der Waals surface area contributed by atoms with Crippen LogP contribution in [-0.2, 0) is 15.1 Å². The molecule has 0 spiro atoms. The maximum atomic E-state index is 13.2. The number of carbonyl (C=O) groups excluding carboxylic acids is 3. The van der Waals surface area contributed by atoms with Crippen LogP contribution in [0, 0.1) is 0 Å². The number of nitrogens with zero attached hydrogens (tertiary/aromatic N) is 3. The molecule has 154 valence electrons. The van der Waals surface area contributed by atoms with Crippen molar-refractivity contribution < 1.29 is 14.4 Å². The summed E-state index contributed by atoms with van der Waals surface area (Å²) in [6.07, 6.45) is 1.58. The fourth-order valence-corrected chi connectivity index (χ4v) is 3.84. The summed E-state index contributed by atoms with van der Waals surface area (Å²) in [6.45, 7) is 5.17. The first kappa shape index (κ1) is 19.6. The third kappa shape index (κ3) is 3.20. The molecule has 8 heteroatoms. The van der Waals surface area contributed by atoms with Crippen LogP contribution in [0.1, 0.15) is 32.4 Å². The normalized spacial score (nSPS) is 18.9. The van der Waals surface area contributed by atoms with Crippen molar-refractivity contribution in [1.29, 1.82) is 0 Å². The van der Waals surface area contributed by atoms with E-state index in [1.165, 1.54) is 0 Å². The van der Waals surface area contributed by atoms with E-state index in [-0.39, 0.29) is 12.6 Å². The Hall–Kier alpha value is -3.68. The Balaban J connectivity index is 1.58. The molecular formula is C22H23N5O3. The lowest BCUT2D eigenvalue weighted by molar-refractivity contribution is -0.133. The fraction of sp³-hybridized carbons (Fsp3) is 0.273. The van der Waals surface area contributed by atoms with E-state index in [1.54, 1.807) is 23.9 Å². The number of urea groups is 1. The zero-order valence-corrected chi connectivity index (χ0v) is 17.0. The highest BCUT2D eigenvalue weighted by molar-refractivity contribution is 6.11. The minimum atomic E-state index is -1.25. The second-order valence-corrected chi connectivity index (χ2v) is 7.78. The molecule has 8 nitrogen and oxygen atoms in total. The smallest absolute Gasteiger partial charge is 0.319 e. The topological polar surface area (TPSA) is 96.3 Å². The molecule has 2 N–H and O–H groups in total. The van der Waals surface area contributed by atoms with E-state index in [0.717, 1.165) is 15.7 Å². The van der Waals surface area contributed by atoms with Gasteiger partial charge in [-0.15, -0.1) is 0 Å². The summed E-state index contributed by atoms with van der Waals surface area (Å²) in [7, 11) is 0. The van der Waals surface area contributed by atoms with Gasteiger partial charge >= 0.3 is 6.03 Å². The average Bonchev–Trinajstić information content (AvgIpc) is 3.26. The van der Waals surface area contributed by atoms with Crippen molar-refractivity contribution in [3.63, 3.8) is 0 Å².